The zero-order valence-corrected chi connectivity index (χ0v) is 13.9. The monoisotopic (exact) mass is 332 g/mol. The number of benzene rings is 2. The summed E-state index contributed by atoms with van der Waals surface area (Å²) in [4.78, 5) is 12.4. The van der Waals surface area contributed by atoms with E-state index >= 15 is 0 Å². The van der Waals surface area contributed by atoms with E-state index in [1.165, 1.54) is 27.4 Å². The topological polar surface area (TPSA) is 44.8 Å². The van der Waals surface area contributed by atoms with E-state index in [9.17, 15) is 4.79 Å². The van der Waals surface area contributed by atoms with Gasteiger partial charge in [0.05, 0.1) is 26.9 Å². The summed E-state index contributed by atoms with van der Waals surface area (Å²) < 4.78 is 15.7. The number of hydrogen-bond donors (Lipinski definition) is 0. The maximum Gasteiger partial charge on any atom is 0.189 e. The zero-order valence-electron chi connectivity index (χ0n) is 13.1. The van der Waals surface area contributed by atoms with Gasteiger partial charge in [0.15, 0.2) is 17.3 Å². The largest absolute Gasteiger partial charge is 0.496 e. The fraction of sp³-hybridized carbons (Fsp3) is 0.167. The minimum atomic E-state index is -0.197. The van der Waals surface area contributed by atoms with Crippen LogP contribution in [0.25, 0.3) is 6.08 Å². The van der Waals surface area contributed by atoms with E-state index in [0.29, 0.717) is 27.8 Å². The van der Waals surface area contributed by atoms with Crippen molar-refractivity contribution >= 4 is 23.5 Å². The van der Waals surface area contributed by atoms with E-state index in [0.717, 1.165) is 5.56 Å². The predicted molar refractivity (Wildman–Crippen MR) is 90.9 cm³/mol. The van der Waals surface area contributed by atoms with E-state index in [1.54, 1.807) is 30.3 Å². The summed E-state index contributed by atoms with van der Waals surface area (Å²) in [5.74, 6) is 1.20. The van der Waals surface area contributed by atoms with Crippen molar-refractivity contribution in [2.45, 2.75) is 0 Å². The molecule has 0 spiro atoms. The smallest absolute Gasteiger partial charge is 0.189 e. The van der Waals surface area contributed by atoms with E-state index < -0.39 is 0 Å². The predicted octanol–water partition coefficient (Wildman–Crippen LogP) is 4.26. The van der Waals surface area contributed by atoms with E-state index in [1.807, 2.05) is 12.1 Å². The molecule has 5 heteroatoms. The van der Waals surface area contributed by atoms with E-state index in [4.69, 9.17) is 25.8 Å². The van der Waals surface area contributed by atoms with Gasteiger partial charge in [0.1, 0.15) is 5.75 Å². The van der Waals surface area contributed by atoms with Crippen LogP contribution in [0.3, 0.4) is 0 Å². The van der Waals surface area contributed by atoms with Gasteiger partial charge < -0.3 is 14.2 Å². The van der Waals surface area contributed by atoms with Crippen LogP contribution in [0, 0.1) is 0 Å². The molecule has 2 aromatic rings. The fourth-order valence-corrected chi connectivity index (χ4v) is 2.18. The van der Waals surface area contributed by atoms with E-state index in [2.05, 4.69) is 0 Å². The van der Waals surface area contributed by atoms with Gasteiger partial charge in [-0.25, -0.2) is 0 Å². The molecule has 0 N–H and O–H groups in total. The van der Waals surface area contributed by atoms with Crippen LogP contribution in [0.1, 0.15) is 15.9 Å². The molecule has 0 fully saturated rings. The Morgan fingerprint density at radius 1 is 0.913 bits per heavy atom. The lowest BCUT2D eigenvalue weighted by Crippen LogP contribution is -2.01. The summed E-state index contributed by atoms with van der Waals surface area (Å²) in [7, 11) is 4.54. The first kappa shape index (κ1) is 16.9. The van der Waals surface area contributed by atoms with Crippen molar-refractivity contribution in [3.8, 4) is 17.2 Å². The first-order chi connectivity index (χ1) is 11.1. The van der Waals surface area contributed by atoms with Crippen LogP contribution in [0.2, 0.25) is 5.02 Å². The molecule has 0 amide bonds. The van der Waals surface area contributed by atoms with Crippen LogP contribution in [-0.4, -0.2) is 27.1 Å². The standard InChI is InChI=1S/C18H17ClO4/c1-21-16-11-18(23-3)17(22-2)10-14(16)15(20)9-6-12-4-7-13(19)8-5-12/h4-11H,1-3H3/b9-6-. The molecule has 120 valence electrons. The molecule has 0 heterocycles. The summed E-state index contributed by atoms with van der Waals surface area (Å²) in [6.07, 6.45) is 3.20. The molecule has 0 saturated heterocycles. The summed E-state index contributed by atoms with van der Waals surface area (Å²) in [6.45, 7) is 0. The molecule has 0 aliphatic rings. The molecule has 0 aliphatic carbocycles. The molecule has 0 radical (unpaired) electrons. The van der Waals surface area contributed by atoms with Gasteiger partial charge in [0.2, 0.25) is 0 Å². The van der Waals surface area contributed by atoms with Crippen molar-refractivity contribution in [3.63, 3.8) is 0 Å². The maximum atomic E-state index is 12.4. The quantitative estimate of drug-likeness (QED) is 0.585. The molecule has 4 nitrogen and oxygen atoms in total. The number of halogens is 1. The van der Waals surface area contributed by atoms with E-state index in [-0.39, 0.29) is 5.78 Å². The lowest BCUT2D eigenvalue weighted by molar-refractivity contribution is 0.104. The number of rotatable bonds is 6. The Morgan fingerprint density at radius 2 is 1.48 bits per heavy atom. The number of carbonyl (C=O) groups is 1. The number of methoxy groups -OCH3 is 3. The molecular formula is C18H17ClO4. The first-order valence-electron chi connectivity index (χ1n) is 6.87. The third-order valence-corrected chi connectivity index (χ3v) is 3.52. The molecule has 23 heavy (non-hydrogen) atoms. The van der Waals surface area contributed by atoms with Gasteiger partial charge in [-0.3, -0.25) is 4.79 Å². The van der Waals surface area contributed by atoms with Crippen molar-refractivity contribution in [3.05, 3.63) is 58.6 Å². The number of ether oxygens (including phenoxy) is 3. The van der Waals surface area contributed by atoms with Gasteiger partial charge in [0.25, 0.3) is 0 Å². The highest BCUT2D eigenvalue weighted by atomic mass is 35.5. The lowest BCUT2D eigenvalue weighted by atomic mass is 10.1. The normalized spacial score (nSPS) is 10.6. The molecule has 0 saturated carbocycles. The molecule has 0 aliphatic heterocycles. The van der Waals surface area contributed by atoms with Gasteiger partial charge in [-0.1, -0.05) is 29.8 Å². The Kier molecular flexibility index (Phi) is 5.66. The Hall–Kier alpha value is -2.46. The van der Waals surface area contributed by atoms with Gasteiger partial charge in [-0.2, -0.15) is 0 Å². The minimum absolute atomic E-state index is 0.197. The van der Waals surface area contributed by atoms with Gasteiger partial charge in [-0.15, -0.1) is 0 Å². The van der Waals surface area contributed by atoms with Crippen LogP contribution >= 0.6 is 11.6 Å². The highest BCUT2D eigenvalue weighted by molar-refractivity contribution is 6.30. The minimum Gasteiger partial charge on any atom is -0.496 e. The van der Waals surface area contributed by atoms with Crippen molar-refractivity contribution in [2.24, 2.45) is 0 Å². The fourth-order valence-electron chi connectivity index (χ4n) is 2.06. The lowest BCUT2D eigenvalue weighted by Gasteiger charge is -2.12. The molecule has 0 unspecified atom stereocenters. The van der Waals surface area contributed by atoms with Crippen molar-refractivity contribution in [1.29, 1.82) is 0 Å². The highest BCUT2D eigenvalue weighted by Crippen LogP contribution is 2.35. The number of hydrogen-bond acceptors (Lipinski definition) is 4. The Morgan fingerprint density at radius 3 is 2.04 bits per heavy atom. The van der Waals surface area contributed by atoms with Crippen molar-refractivity contribution in [1.82, 2.24) is 0 Å². The van der Waals surface area contributed by atoms with Crippen molar-refractivity contribution in [2.75, 3.05) is 21.3 Å². The van der Waals surface area contributed by atoms with Gasteiger partial charge in [0, 0.05) is 11.1 Å². The van der Waals surface area contributed by atoms with Gasteiger partial charge >= 0.3 is 0 Å². The Bertz CT molecular complexity index is 721. The zero-order chi connectivity index (χ0) is 16.8. The van der Waals surface area contributed by atoms with Crippen LogP contribution < -0.4 is 14.2 Å². The summed E-state index contributed by atoms with van der Waals surface area (Å²) >= 11 is 5.84. The molecule has 2 rings (SSSR count). The third kappa shape index (κ3) is 4.05. The SMILES string of the molecule is COc1cc(OC)c(C(=O)/C=C\c2ccc(Cl)cc2)cc1OC. The van der Waals surface area contributed by atoms with Crippen LogP contribution in [0.5, 0.6) is 17.2 Å². The highest BCUT2D eigenvalue weighted by Gasteiger charge is 2.15. The van der Waals surface area contributed by atoms with Crippen LogP contribution in [0.4, 0.5) is 0 Å². The average molecular weight is 333 g/mol. The second kappa shape index (κ2) is 7.70. The third-order valence-electron chi connectivity index (χ3n) is 3.27. The van der Waals surface area contributed by atoms with Crippen LogP contribution in [0.15, 0.2) is 42.5 Å². The molecule has 0 bridgehead atoms. The number of carbonyl (C=O) groups excluding carboxylic acids is 1. The summed E-state index contributed by atoms with van der Waals surface area (Å²) in [6, 6.07) is 10.4. The second-order valence-corrected chi connectivity index (χ2v) is 5.09. The van der Waals surface area contributed by atoms with Crippen LogP contribution in [-0.2, 0) is 0 Å². The average Bonchev–Trinajstić information content (AvgIpc) is 2.59. The Labute approximate surface area is 140 Å². The molecule has 2 aromatic carbocycles. The summed E-state index contributed by atoms with van der Waals surface area (Å²) in [5, 5.41) is 0.648. The Balaban J connectivity index is 2.32. The molecule has 0 aromatic heterocycles. The number of allylic oxidation sites excluding steroid dienone is 1. The molecule has 0 atom stereocenters. The second-order valence-electron chi connectivity index (χ2n) is 4.66. The number of ketones is 1. The van der Waals surface area contributed by atoms with Gasteiger partial charge in [-0.05, 0) is 29.8 Å². The molecular weight excluding hydrogens is 316 g/mol. The maximum absolute atomic E-state index is 12.4. The first-order valence-corrected chi connectivity index (χ1v) is 7.24. The van der Waals surface area contributed by atoms with Crippen molar-refractivity contribution < 1.29 is 19.0 Å². The summed E-state index contributed by atoms with van der Waals surface area (Å²) in [5.41, 5.74) is 1.28.